The summed E-state index contributed by atoms with van der Waals surface area (Å²) in [5.41, 5.74) is 7.78. The quantitative estimate of drug-likeness (QED) is 0.740. The van der Waals surface area contributed by atoms with E-state index in [-0.39, 0.29) is 0 Å². The van der Waals surface area contributed by atoms with E-state index in [2.05, 4.69) is 11.4 Å². The predicted octanol–water partition coefficient (Wildman–Crippen LogP) is 1.73. The SMILES string of the molecule is N#Cc1ccc(NC2CCOCC2)cc1N. The molecule has 1 aliphatic rings. The van der Waals surface area contributed by atoms with Crippen LogP contribution in [-0.2, 0) is 4.74 Å². The van der Waals surface area contributed by atoms with Crippen LogP contribution in [0.15, 0.2) is 18.2 Å². The first-order valence-electron chi connectivity index (χ1n) is 5.43. The molecule has 16 heavy (non-hydrogen) atoms. The molecule has 1 fully saturated rings. The number of anilines is 2. The molecule has 0 aliphatic carbocycles. The van der Waals surface area contributed by atoms with Crippen molar-refractivity contribution in [3.63, 3.8) is 0 Å². The molecule has 2 rings (SSSR count). The Morgan fingerprint density at radius 1 is 1.38 bits per heavy atom. The number of nitriles is 1. The lowest BCUT2D eigenvalue weighted by Gasteiger charge is -2.24. The molecule has 4 nitrogen and oxygen atoms in total. The molecule has 1 heterocycles. The molecule has 4 heteroatoms. The Morgan fingerprint density at radius 3 is 2.75 bits per heavy atom. The second-order valence-corrected chi connectivity index (χ2v) is 3.94. The van der Waals surface area contributed by atoms with Gasteiger partial charge in [-0.15, -0.1) is 0 Å². The molecular weight excluding hydrogens is 202 g/mol. The van der Waals surface area contributed by atoms with E-state index >= 15 is 0 Å². The van der Waals surface area contributed by atoms with Gasteiger partial charge in [0, 0.05) is 24.9 Å². The molecule has 0 atom stereocenters. The van der Waals surface area contributed by atoms with Gasteiger partial charge in [0.05, 0.1) is 11.3 Å². The Morgan fingerprint density at radius 2 is 2.12 bits per heavy atom. The van der Waals surface area contributed by atoms with Crippen LogP contribution >= 0.6 is 0 Å². The van der Waals surface area contributed by atoms with Gasteiger partial charge >= 0.3 is 0 Å². The van der Waals surface area contributed by atoms with E-state index in [1.54, 1.807) is 6.07 Å². The molecule has 1 aliphatic heterocycles. The highest BCUT2D eigenvalue weighted by Gasteiger charge is 2.13. The fourth-order valence-electron chi connectivity index (χ4n) is 1.83. The van der Waals surface area contributed by atoms with Crippen LogP contribution in [0.25, 0.3) is 0 Å². The number of nitrogens with two attached hydrogens (primary N) is 1. The molecule has 0 spiro atoms. The van der Waals surface area contributed by atoms with Crippen molar-refractivity contribution in [3.05, 3.63) is 23.8 Å². The summed E-state index contributed by atoms with van der Waals surface area (Å²) in [7, 11) is 0. The van der Waals surface area contributed by atoms with E-state index in [0.717, 1.165) is 31.7 Å². The van der Waals surface area contributed by atoms with Crippen molar-refractivity contribution in [2.45, 2.75) is 18.9 Å². The van der Waals surface area contributed by atoms with Crippen molar-refractivity contribution < 1.29 is 4.74 Å². The first-order valence-corrected chi connectivity index (χ1v) is 5.43. The van der Waals surface area contributed by atoms with Gasteiger partial charge in [-0.05, 0) is 31.0 Å². The third-order valence-corrected chi connectivity index (χ3v) is 2.76. The lowest BCUT2D eigenvalue weighted by molar-refractivity contribution is 0.0904. The standard InChI is InChI=1S/C12H15N3O/c13-8-9-1-2-11(7-12(9)14)15-10-3-5-16-6-4-10/h1-2,7,10,15H,3-6,14H2. The van der Waals surface area contributed by atoms with Crippen LogP contribution in [-0.4, -0.2) is 19.3 Å². The molecule has 1 saturated heterocycles. The molecule has 0 bridgehead atoms. The Labute approximate surface area is 95.0 Å². The number of benzene rings is 1. The Kier molecular flexibility index (Phi) is 3.28. The van der Waals surface area contributed by atoms with E-state index in [0.29, 0.717) is 17.3 Å². The van der Waals surface area contributed by atoms with Crippen LogP contribution in [0.1, 0.15) is 18.4 Å². The lowest BCUT2D eigenvalue weighted by Crippen LogP contribution is -2.27. The molecule has 0 unspecified atom stereocenters. The minimum atomic E-state index is 0.445. The smallest absolute Gasteiger partial charge is 0.101 e. The first-order chi connectivity index (χ1) is 7.79. The average molecular weight is 217 g/mol. The minimum absolute atomic E-state index is 0.445. The zero-order valence-corrected chi connectivity index (χ0v) is 9.07. The molecule has 3 N–H and O–H groups in total. The molecule has 1 aromatic carbocycles. The number of hydrogen-bond acceptors (Lipinski definition) is 4. The molecular formula is C12H15N3O. The minimum Gasteiger partial charge on any atom is -0.398 e. The van der Waals surface area contributed by atoms with Crippen molar-refractivity contribution in [2.24, 2.45) is 0 Å². The monoisotopic (exact) mass is 217 g/mol. The zero-order chi connectivity index (χ0) is 11.4. The number of ether oxygens (including phenoxy) is 1. The summed E-state index contributed by atoms with van der Waals surface area (Å²) in [5.74, 6) is 0. The van der Waals surface area contributed by atoms with E-state index in [1.807, 2.05) is 12.1 Å². The average Bonchev–Trinajstić information content (AvgIpc) is 2.31. The van der Waals surface area contributed by atoms with Gasteiger partial charge in [-0.2, -0.15) is 5.26 Å². The number of rotatable bonds is 2. The predicted molar refractivity (Wildman–Crippen MR) is 63.0 cm³/mol. The highest BCUT2D eigenvalue weighted by Crippen LogP contribution is 2.20. The summed E-state index contributed by atoms with van der Waals surface area (Å²) in [4.78, 5) is 0. The fourth-order valence-corrected chi connectivity index (χ4v) is 1.83. The van der Waals surface area contributed by atoms with Gasteiger partial charge in [0.1, 0.15) is 6.07 Å². The Hall–Kier alpha value is -1.73. The normalized spacial score (nSPS) is 16.7. The van der Waals surface area contributed by atoms with Gasteiger partial charge < -0.3 is 15.8 Å². The maximum Gasteiger partial charge on any atom is 0.101 e. The molecule has 0 saturated carbocycles. The van der Waals surface area contributed by atoms with E-state index < -0.39 is 0 Å². The second-order valence-electron chi connectivity index (χ2n) is 3.94. The Balaban J connectivity index is 2.04. The van der Waals surface area contributed by atoms with Gasteiger partial charge in [-0.1, -0.05) is 0 Å². The van der Waals surface area contributed by atoms with Crippen LogP contribution in [0.5, 0.6) is 0 Å². The topological polar surface area (TPSA) is 71.1 Å². The van der Waals surface area contributed by atoms with Crippen LogP contribution in [0.4, 0.5) is 11.4 Å². The lowest BCUT2D eigenvalue weighted by atomic mass is 10.1. The van der Waals surface area contributed by atoms with Gasteiger partial charge in [0.15, 0.2) is 0 Å². The van der Waals surface area contributed by atoms with Crippen molar-refractivity contribution >= 4 is 11.4 Å². The number of nitrogen functional groups attached to an aromatic ring is 1. The summed E-state index contributed by atoms with van der Waals surface area (Å²) in [6.45, 7) is 1.62. The third kappa shape index (κ3) is 2.44. The summed E-state index contributed by atoms with van der Waals surface area (Å²) in [5, 5.41) is 12.2. The van der Waals surface area contributed by atoms with Crippen LogP contribution in [0.2, 0.25) is 0 Å². The molecule has 84 valence electrons. The van der Waals surface area contributed by atoms with Gasteiger partial charge in [0.2, 0.25) is 0 Å². The summed E-state index contributed by atoms with van der Waals surface area (Å²) >= 11 is 0. The van der Waals surface area contributed by atoms with Gasteiger partial charge in [-0.3, -0.25) is 0 Å². The Bertz CT molecular complexity index is 405. The summed E-state index contributed by atoms with van der Waals surface area (Å²) < 4.78 is 5.29. The van der Waals surface area contributed by atoms with E-state index in [1.165, 1.54) is 0 Å². The number of nitrogens with one attached hydrogen (secondary N) is 1. The van der Waals surface area contributed by atoms with Crippen LogP contribution < -0.4 is 11.1 Å². The maximum absolute atomic E-state index is 8.76. The fraction of sp³-hybridized carbons (Fsp3) is 0.417. The third-order valence-electron chi connectivity index (χ3n) is 2.76. The molecule has 0 aromatic heterocycles. The highest BCUT2D eigenvalue weighted by atomic mass is 16.5. The van der Waals surface area contributed by atoms with Gasteiger partial charge in [0.25, 0.3) is 0 Å². The van der Waals surface area contributed by atoms with Crippen LogP contribution in [0.3, 0.4) is 0 Å². The highest BCUT2D eigenvalue weighted by molar-refractivity contribution is 5.62. The van der Waals surface area contributed by atoms with Crippen molar-refractivity contribution in [2.75, 3.05) is 24.3 Å². The van der Waals surface area contributed by atoms with Crippen LogP contribution in [0, 0.1) is 11.3 Å². The number of hydrogen-bond donors (Lipinski definition) is 2. The maximum atomic E-state index is 8.76. The second kappa shape index (κ2) is 4.86. The van der Waals surface area contributed by atoms with E-state index in [4.69, 9.17) is 15.7 Å². The van der Waals surface area contributed by atoms with E-state index in [9.17, 15) is 0 Å². The summed E-state index contributed by atoms with van der Waals surface area (Å²) in [6, 6.07) is 7.95. The zero-order valence-electron chi connectivity index (χ0n) is 9.07. The summed E-state index contributed by atoms with van der Waals surface area (Å²) in [6.07, 6.45) is 2.03. The van der Waals surface area contributed by atoms with Crippen molar-refractivity contribution in [1.82, 2.24) is 0 Å². The molecule has 0 amide bonds. The molecule has 1 aromatic rings. The molecule has 0 radical (unpaired) electrons. The number of nitrogens with zero attached hydrogens (tertiary/aromatic N) is 1. The first kappa shape index (κ1) is 10.8. The van der Waals surface area contributed by atoms with Gasteiger partial charge in [-0.25, -0.2) is 0 Å². The van der Waals surface area contributed by atoms with Crippen molar-refractivity contribution in [1.29, 1.82) is 5.26 Å². The van der Waals surface area contributed by atoms with Crippen molar-refractivity contribution in [3.8, 4) is 6.07 Å². The largest absolute Gasteiger partial charge is 0.398 e.